The first-order valence-electron chi connectivity index (χ1n) is 6.75. The number of nitrogens with one attached hydrogen (secondary N) is 1. The van der Waals surface area contributed by atoms with Crippen LogP contribution < -0.4 is 5.32 Å². The maximum Gasteiger partial charge on any atom is 0.335 e. The summed E-state index contributed by atoms with van der Waals surface area (Å²) in [7, 11) is 1.86. The largest absolute Gasteiger partial charge is 0.478 e. The molecule has 0 aliphatic carbocycles. The van der Waals surface area contributed by atoms with Gasteiger partial charge in [0.2, 0.25) is 0 Å². The second-order valence-corrected chi connectivity index (χ2v) is 5.83. The van der Waals surface area contributed by atoms with E-state index in [1.165, 1.54) is 12.1 Å². The molecule has 0 bridgehead atoms. The standard InChI is InChI=1S/C15H16BrN3O3/c1-19-9-10(8-18-19)3-2-4-17-14(20)11-5-12(15(21)22)7-13(16)6-11/h5-9H,2-4H2,1H3,(H,17,20)(H,21,22). The van der Waals surface area contributed by atoms with E-state index in [2.05, 4.69) is 26.3 Å². The first kappa shape index (κ1) is 16.2. The lowest BCUT2D eigenvalue weighted by Gasteiger charge is -2.06. The van der Waals surface area contributed by atoms with Gasteiger partial charge in [-0.15, -0.1) is 0 Å². The minimum atomic E-state index is -1.06. The van der Waals surface area contributed by atoms with E-state index in [1.54, 1.807) is 16.9 Å². The molecule has 0 atom stereocenters. The van der Waals surface area contributed by atoms with Crippen LogP contribution in [-0.4, -0.2) is 33.3 Å². The summed E-state index contributed by atoms with van der Waals surface area (Å²) in [4.78, 5) is 23.0. The average Bonchev–Trinajstić information content (AvgIpc) is 2.88. The van der Waals surface area contributed by atoms with Gasteiger partial charge in [0.25, 0.3) is 5.91 Å². The molecule has 0 spiro atoms. The van der Waals surface area contributed by atoms with E-state index in [9.17, 15) is 9.59 Å². The van der Waals surface area contributed by atoms with Crippen LogP contribution in [0.1, 0.15) is 32.7 Å². The number of amides is 1. The molecular formula is C15H16BrN3O3. The highest BCUT2D eigenvalue weighted by molar-refractivity contribution is 9.10. The Morgan fingerprint density at radius 2 is 2.05 bits per heavy atom. The number of benzene rings is 1. The summed E-state index contributed by atoms with van der Waals surface area (Å²) in [6.45, 7) is 0.517. The number of hydrogen-bond acceptors (Lipinski definition) is 3. The molecule has 0 saturated heterocycles. The predicted octanol–water partition coefficient (Wildman–Crippen LogP) is 2.24. The van der Waals surface area contributed by atoms with Crippen molar-refractivity contribution in [2.45, 2.75) is 12.8 Å². The molecule has 1 aromatic carbocycles. The highest BCUT2D eigenvalue weighted by Gasteiger charge is 2.11. The molecule has 2 rings (SSSR count). The predicted molar refractivity (Wildman–Crippen MR) is 85.0 cm³/mol. The number of aromatic nitrogens is 2. The Bertz CT molecular complexity index is 697. The molecule has 0 saturated carbocycles. The van der Waals surface area contributed by atoms with Crippen LogP contribution >= 0.6 is 15.9 Å². The summed E-state index contributed by atoms with van der Waals surface area (Å²) < 4.78 is 2.30. The van der Waals surface area contributed by atoms with Gasteiger partial charge in [0.1, 0.15) is 0 Å². The number of aryl methyl sites for hydroxylation is 2. The number of rotatable bonds is 6. The smallest absolute Gasteiger partial charge is 0.335 e. The third kappa shape index (κ3) is 4.42. The van der Waals surface area contributed by atoms with Crippen molar-refractivity contribution in [3.8, 4) is 0 Å². The first-order valence-corrected chi connectivity index (χ1v) is 7.54. The quantitative estimate of drug-likeness (QED) is 0.768. The molecule has 0 fully saturated rings. The number of nitrogens with zero attached hydrogens (tertiary/aromatic N) is 2. The second kappa shape index (κ2) is 7.22. The third-order valence-electron chi connectivity index (χ3n) is 3.09. The molecule has 0 unspecified atom stereocenters. The number of carbonyl (C=O) groups is 2. The number of carbonyl (C=O) groups excluding carboxylic acids is 1. The number of aromatic carboxylic acids is 1. The van der Waals surface area contributed by atoms with E-state index in [4.69, 9.17) is 5.11 Å². The van der Waals surface area contributed by atoms with E-state index in [1.807, 2.05) is 13.2 Å². The zero-order chi connectivity index (χ0) is 16.1. The van der Waals surface area contributed by atoms with E-state index >= 15 is 0 Å². The van der Waals surface area contributed by atoms with Crippen molar-refractivity contribution in [3.63, 3.8) is 0 Å². The summed E-state index contributed by atoms with van der Waals surface area (Å²) >= 11 is 3.21. The van der Waals surface area contributed by atoms with Crippen LogP contribution in [0, 0.1) is 0 Å². The summed E-state index contributed by atoms with van der Waals surface area (Å²) in [6, 6.07) is 4.42. The molecule has 1 amide bonds. The SMILES string of the molecule is Cn1cc(CCCNC(=O)c2cc(Br)cc(C(=O)O)c2)cn1. The van der Waals surface area contributed by atoms with Crippen molar-refractivity contribution < 1.29 is 14.7 Å². The zero-order valence-corrected chi connectivity index (χ0v) is 13.6. The number of hydrogen-bond donors (Lipinski definition) is 2. The minimum absolute atomic E-state index is 0.0786. The van der Waals surface area contributed by atoms with Crippen molar-refractivity contribution in [3.05, 3.63) is 51.8 Å². The molecule has 1 aromatic heterocycles. The fourth-order valence-corrected chi connectivity index (χ4v) is 2.53. The molecule has 2 aromatic rings. The van der Waals surface area contributed by atoms with Gasteiger partial charge in [0.15, 0.2) is 0 Å². The van der Waals surface area contributed by atoms with E-state index in [0.29, 0.717) is 16.6 Å². The summed E-state index contributed by atoms with van der Waals surface area (Å²) in [5.74, 6) is -1.35. The van der Waals surface area contributed by atoms with Crippen molar-refractivity contribution in [1.82, 2.24) is 15.1 Å². The van der Waals surface area contributed by atoms with Crippen LogP contribution in [0.3, 0.4) is 0 Å². The molecule has 116 valence electrons. The van der Waals surface area contributed by atoms with Gasteiger partial charge in [-0.3, -0.25) is 9.48 Å². The zero-order valence-electron chi connectivity index (χ0n) is 12.0. The minimum Gasteiger partial charge on any atom is -0.478 e. The normalized spacial score (nSPS) is 10.5. The Labute approximate surface area is 136 Å². The van der Waals surface area contributed by atoms with Crippen molar-refractivity contribution >= 4 is 27.8 Å². The molecule has 22 heavy (non-hydrogen) atoms. The van der Waals surface area contributed by atoms with Crippen LogP contribution in [0.2, 0.25) is 0 Å². The molecule has 0 radical (unpaired) electrons. The fraction of sp³-hybridized carbons (Fsp3) is 0.267. The van der Waals surface area contributed by atoms with Crippen LogP contribution in [0.4, 0.5) is 0 Å². The Kier molecular flexibility index (Phi) is 5.32. The molecule has 6 nitrogen and oxygen atoms in total. The van der Waals surface area contributed by atoms with Crippen LogP contribution in [-0.2, 0) is 13.5 Å². The van der Waals surface area contributed by atoms with Gasteiger partial charge in [0, 0.05) is 29.8 Å². The van der Waals surface area contributed by atoms with E-state index < -0.39 is 5.97 Å². The number of carboxylic acids is 1. The van der Waals surface area contributed by atoms with Gasteiger partial charge in [-0.2, -0.15) is 5.10 Å². The van der Waals surface area contributed by atoms with Crippen LogP contribution in [0.5, 0.6) is 0 Å². The van der Waals surface area contributed by atoms with Crippen LogP contribution in [0.25, 0.3) is 0 Å². The molecule has 1 heterocycles. The summed E-state index contributed by atoms with van der Waals surface area (Å²) in [6.07, 6.45) is 5.36. The lowest BCUT2D eigenvalue weighted by molar-refractivity contribution is 0.0697. The van der Waals surface area contributed by atoms with Crippen LogP contribution in [0.15, 0.2) is 35.1 Å². The van der Waals surface area contributed by atoms with Gasteiger partial charge in [-0.1, -0.05) is 15.9 Å². The summed E-state index contributed by atoms with van der Waals surface area (Å²) in [5, 5.41) is 15.9. The Balaban J connectivity index is 1.88. The molecule has 0 aliphatic heterocycles. The first-order chi connectivity index (χ1) is 10.5. The van der Waals surface area contributed by atoms with Gasteiger partial charge in [-0.25, -0.2) is 4.79 Å². The van der Waals surface area contributed by atoms with E-state index in [0.717, 1.165) is 18.4 Å². The maximum absolute atomic E-state index is 12.0. The topological polar surface area (TPSA) is 84.2 Å². The number of halogens is 1. The Hall–Kier alpha value is -2.15. The Morgan fingerprint density at radius 3 is 2.68 bits per heavy atom. The molecule has 7 heteroatoms. The monoisotopic (exact) mass is 365 g/mol. The second-order valence-electron chi connectivity index (χ2n) is 4.92. The summed E-state index contributed by atoms with van der Waals surface area (Å²) in [5.41, 5.74) is 1.52. The van der Waals surface area contributed by atoms with Crippen molar-refractivity contribution in [2.75, 3.05) is 6.54 Å². The van der Waals surface area contributed by atoms with Crippen molar-refractivity contribution in [1.29, 1.82) is 0 Å². The Morgan fingerprint density at radius 1 is 1.32 bits per heavy atom. The molecule has 2 N–H and O–H groups in total. The maximum atomic E-state index is 12.0. The van der Waals surface area contributed by atoms with Gasteiger partial charge in [0.05, 0.1) is 11.8 Å². The van der Waals surface area contributed by atoms with Gasteiger partial charge < -0.3 is 10.4 Å². The van der Waals surface area contributed by atoms with E-state index in [-0.39, 0.29) is 11.5 Å². The average molecular weight is 366 g/mol. The third-order valence-corrected chi connectivity index (χ3v) is 3.55. The number of carboxylic acid groups (broad SMARTS) is 1. The fourth-order valence-electron chi connectivity index (χ4n) is 2.04. The molecular weight excluding hydrogens is 350 g/mol. The highest BCUT2D eigenvalue weighted by Crippen LogP contribution is 2.16. The lowest BCUT2D eigenvalue weighted by atomic mass is 10.1. The molecule has 0 aliphatic rings. The van der Waals surface area contributed by atoms with Gasteiger partial charge in [-0.05, 0) is 36.6 Å². The highest BCUT2D eigenvalue weighted by atomic mass is 79.9. The van der Waals surface area contributed by atoms with Crippen molar-refractivity contribution in [2.24, 2.45) is 7.05 Å². The van der Waals surface area contributed by atoms with Gasteiger partial charge >= 0.3 is 5.97 Å². The lowest BCUT2D eigenvalue weighted by Crippen LogP contribution is -2.25.